The third-order valence-electron chi connectivity index (χ3n) is 11.7. The molecule has 0 atom stereocenters. The monoisotopic (exact) mass is 862 g/mol. The maximum absolute atomic E-state index is 16.0. The summed E-state index contributed by atoms with van der Waals surface area (Å²) >= 11 is 13.8. The Balaban J connectivity index is 1.66. The number of carbonyl (C=O) groups is 2. The van der Waals surface area contributed by atoms with Crippen LogP contribution in [-0.2, 0) is 38.3 Å². The first-order valence-electron chi connectivity index (χ1n) is 21.6. The number of unbranched alkanes of at least 4 members (excludes halogenated alkanes) is 2. The van der Waals surface area contributed by atoms with E-state index in [-0.39, 0.29) is 25.6 Å². The highest BCUT2D eigenvalue weighted by Crippen LogP contribution is 2.41. The second-order valence-electron chi connectivity index (χ2n) is 16.6. The van der Waals surface area contributed by atoms with Gasteiger partial charge in [0.1, 0.15) is 18.2 Å². The number of halogens is 1. The van der Waals surface area contributed by atoms with Gasteiger partial charge in [-0.25, -0.2) is 14.0 Å². The number of hydrogen-bond acceptors (Lipinski definition) is 8. The number of ether oxygens (including phenoxy) is 3. The van der Waals surface area contributed by atoms with Gasteiger partial charge >= 0.3 is 11.9 Å². The number of benzene rings is 3. The largest absolute Gasteiger partial charge is 0.492 e. The van der Waals surface area contributed by atoms with Gasteiger partial charge in [0.25, 0.3) is 0 Å². The first kappa shape index (κ1) is 48.5. The molecule has 1 aliphatic rings. The Morgan fingerprint density at radius 1 is 0.746 bits per heavy atom. The Morgan fingerprint density at radius 3 is 1.97 bits per heavy atom. The molecule has 0 unspecified atom stereocenters. The molecule has 9 heteroatoms. The van der Waals surface area contributed by atoms with Crippen molar-refractivity contribution in [2.75, 3.05) is 37.1 Å². The molecular formula is C50H67FO5S3. The molecule has 59 heavy (non-hydrogen) atoms. The lowest BCUT2D eigenvalue weighted by Crippen LogP contribution is -2.38. The number of rotatable bonds is 24. The van der Waals surface area contributed by atoms with Gasteiger partial charge in [0.2, 0.25) is 0 Å². The van der Waals surface area contributed by atoms with E-state index in [0.717, 1.165) is 82.7 Å². The lowest BCUT2D eigenvalue weighted by Gasteiger charge is -2.31. The van der Waals surface area contributed by atoms with Crippen molar-refractivity contribution in [3.05, 3.63) is 101 Å². The van der Waals surface area contributed by atoms with Crippen LogP contribution in [0.2, 0.25) is 0 Å². The van der Waals surface area contributed by atoms with Crippen LogP contribution >= 0.6 is 37.9 Å². The molecule has 0 aromatic heterocycles. The van der Waals surface area contributed by atoms with Crippen molar-refractivity contribution in [1.82, 2.24) is 0 Å². The molecule has 4 rings (SSSR count). The average Bonchev–Trinajstić information content (AvgIpc) is 3.24. The molecule has 1 saturated carbocycles. The summed E-state index contributed by atoms with van der Waals surface area (Å²) in [5.74, 6) is 2.41. The zero-order valence-corrected chi connectivity index (χ0v) is 38.6. The van der Waals surface area contributed by atoms with Crippen molar-refractivity contribution in [2.45, 2.75) is 117 Å². The number of aryl methyl sites for hydroxylation is 3. The Kier molecular flexibility index (Phi) is 20.0. The Labute approximate surface area is 370 Å². The van der Waals surface area contributed by atoms with Gasteiger partial charge in [0.15, 0.2) is 0 Å². The van der Waals surface area contributed by atoms with E-state index in [1.54, 1.807) is 19.9 Å². The van der Waals surface area contributed by atoms with E-state index < -0.39 is 17.4 Å². The van der Waals surface area contributed by atoms with Crippen LogP contribution < -0.4 is 4.74 Å². The van der Waals surface area contributed by atoms with Crippen LogP contribution in [-0.4, -0.2) is 49.0 Å². The summed E-state index contributed by atoms with van der Waals surface area (Å²) in [4.78, 5) is 24.5. The summed E-state index contributed by atoms with van der Waals surface area (Å²) in [6.07, 6.45) is 13.5. The highest BCUT2D eigenvalue weighted by Gasteiger charge is 2.32. The molecule has 0 amide bonds. The van der Waals surface area contributed by atoms with Crippen molar-refractivity contribution in [2.24, 2.45) is 11.3 Å². The number of hydrogen-bond donors (Lipinski definition) is 3. The predicted molar refractivity (Wildman–Crippen MR) is 253 cm³/mol. The molecule has 322 valence electrons. The van der Waals surface area contributed by atoms with E-state index in [4.69, 9.17) is 14.2 Å². The van der Waals surface area contributed by atoms with E-state index in [0.29, 0.717) is 52.7 Å². The van der Waals surface area contributed by atoms with Crippen molar-refractivity contribution < 1.29 is 28.2 Å². The summed E-state index contributed by atoms with van der Waals surface area (Å²) in [7, 11) is 0. The van der Waals surface area contributed by atoms with Gasteiger partial charge in [-0.3, -0.25) is 0 Å². The highest BCUT2D eigenvalue weighted by atomic mass is 32.1. The quantitative estimate of drug-likeness (QED) is 0.0362. The topological polar surface area (TPSA) is 61.8 Å². The molecule has 5 nitrogen and oxygen atoms in total. The van der Waals surface area contributed by atoms with Crippen LogP contribution in [0.15, 0.2) is 72.8 Å². The first-order valence-corrected chi connectivity index (χ1v) is 23.5. The number of thiol groups is 3. The molecule has 0 N–H and O–H groups in total. The second kappa shape index (κ2) is 24.3. The molecule has 0 spiro atoms. The first-order chi connectivity index (χ1) is 28.4. The SMILES string of the molecule is C=C(C)C(=O)OCCCc1cc(-c2ccc(-c3ccc(C4CCC(CCCCC)CC4)cc3F)cc2CC)cc(CCCS)c1OCC(CS)(CS)COC(=O)C(=C)C. The number of carbonyl (C=O) groups excluding carboxylic acids is 2. The minimum Gasteiger partial charge on any atom is -0.492 e. The zero-order chi connectivity index (χ0) is 43.0. The Hall–Kier alpha value is -3.14. The minimum absolute atomic E-state index is 0.0810. The molecular weight excluding hydrogens is 796 g/mol. The summed E-state index contributed by atoms with van der Waals surface area (Å²) in [6.45, 7) is 15.6. The van der Waals surface area contributed by atoms with Gasteiger partial charge in [-0.15, -0.1) is 0 Å². The molecule has 3 aromatic rings. The Morgan fingerprint density at radius 2 is 1.37 bits per heavy atom. The number of esters is 2. The molecule has 3 aromatic carbocycles. The fraction of sp³-hybridized carbons (Fsp3) is 0.520. The van der Waals surface area contributed by atoms with Gasteiger partial charge in [-0.05, 0) is 146 Å². The lowest BCUT2D eigenvalue weighted by atomic mass is 9.77. The van der Waals surface area contributed by atoms with Crippen molar-refractivity contribution in [1.29, 1.82) is 0 Å². The van der Waals surface area contributed by atoms with Crippen LogP contribution in [0.25, 0.3) is 22.3 Å². The molecule has 0 saturated heterocycles. The van der Waals surface area contributed by atoms with Gasteiger partial charge in [-0.1, -0.05) is 83.0 Å². The second-order valence-corrected chi connectivity index (χ2v) is 17.7. The van der Waals surface area contributed by atoms with E-state index in [1.807, 2.05) is 12.1 Å². The maximum atomic E-state index is 16.0. The molecule has 0 heterocycles. The molecule has 0 bridgehead atoms. The van der Waals surface area contributed by atoms with E-state index in [1.165, 1.54) is 38.5 Å². The molecule has 1 aliphatic carbocycles. The lowest BCUT2D eigenvalue weighted by molar-refractivity contribution is -0.142. The van der Waals surface area contributed by atoms with Crippen molar-refractivity contribution >= 4 is 49.8 Å². The standard InChI is InChI=1S/C50H67FO5S3/c1-7-9-10-13-36-16-18-38(19-17-36)39-20-23-45(46(51)29-39)40-21-22-44(37(8-2)26-40)43-27-41(14-11-24-54-48(52)34(3)4)47(42(28-43)15-12-25-57)55-30-50(32-58,33-59)31-56-49(53)35(5)6/h20-23,26-29,36,38,57-59H,3,5,7-19,24-25,30-33H2,1-2,4,6H3. The normalized spacial score (nSPS) is 15.5. The van der Waals surface area contributed by atoms with Crippen molar-refractivity contribution in [3.8, 4) is 28.0 Å². The van der Waals surface area contributed by atoms with E-state index in [2.05, 4.69) is 95.2 Å². The van der Waals surface area contributed by atoms with Crippen LogP contribution in [0.4, 0.5) is 4.39 Å². The van der Waals surface area contributed by atoms with Gasteiger partial charge in [0.05, 0.1) is 18.6 Å². The van der Waals surface area contributed by atoms with Crippen LogP contribution in [0, 0.1) is 17.2 Å². The van der Waals surface area contributed by atoms with Gasteiger partial charge in [-0.2, -0.15) is 37.9 Å². The van der Waals surface area contributed by atoms with Crippen LogP contribution in [0.3, 0.4) is 0 Å². The fourth-order valence-electron chi connectivity index (χ4n) is 7.95. The van der Waals surface area contributed by atoms with E-state index >= 15 is 4.39 Å². The fourth-order valence-corrected chi connectivity index (χ4v) is 8.87. The molecule has 1 fully saturated rings. The zero-order valence-electron chi connectivity index (χ0n) is 35.9. The van der Waals surface area contributed by atoms with Crippen LogP contribution in [0.5, 0.6) is 5.75 Å². The highest BCUT2D eigenvalue weighted by molar-refractivity contribution is 7.81. The minimum atomic E-state index is -0.656. The molecule has 0 radical (unpaired) electrons. The third kappa shape index (κ3) is 13.9. The predicted octanol–water partition coefficient (Wildman–Crippen LogP) is 12.8. The average molecular weight is 863 g/mol. The van der Waals surface area contributed by atoms with Crippen LogP contribution in [0.1, 0.15) is 120 Å². The summed E-state index contributed by atoms with van der Waals surface area (Å²) in [5, 5.41) is 0. The van der Waals surface area contributed by atoms with E-state index in [9.17, 15) is 9.59 Å². The third-order valence-corrected chi connectivity index (χ3v) is 13.4. The van der Waals surface area contributed by atoms with Crippen molar-refractivity contribution in [3.63, 3.8) is 0 Å². The summed E-state index contributed by atoms with van der Waals surface area (Å²) in [6, 6.07) is 16.5. The van der Waals surface area contributed by atoms with Gasteiger partial charge in [0, 0.05) is 28.2 Å². The summed E-state index contributed by atoms with van der Waals surface area (Å²) < 4.78 is 33.8. The smallest absolute Gasteiger partial charge is 0.333 e. The van der Waals surface area contributed by atoms with Gasteiger partial charge < -0.3 is 14.2 Å². The maximum Gasteiger partial charge on any atom is 0.333 e. The Bertz CT molecular complexity index is 1880. The molecule has 0 aliphatic heterocycles. The summed E-state index contributed by atoms with van der Waals surface area (Å²) in [5.41, 5.74) is 7.86.